The van der Waals surface area contributed by atoms with Gasteiger partial charge in [0, 0.05) is 37.7 Å². The summed E-state index contributed by atoms with van der Waals surface area (Å²) in [5.74, 6) is 0.920. The Kier molecular flexibility index (Phi) is 7.63. The van der Waals surface area contributed by atoms with E-state index in [0.717, 1.165) is 17.3 Å². The first kappa shape index (κ1) is 16.1. The van der Waals surface area contributed by atoms with Crippen LogP contribution in [0, 0.1) is 0 Å². The van der Waals surface area contributed by atoms with Crippen LogP contribution in [0.2, 0.25) is 0 Å². The van der Waals surface area contributed by atoms with Crippen molar-refractivity contribution >= 4 is 17.7 Å². The van der Waals surface area contributed by atoms with E-state index in [0.29, 0.717) is 6.42 Å². The number of carbonyl (C=O) groups excluding carboxylic acids is 1. The van der Waals surface area contributed by atoms with E-state index in [4.69, 9.17) is 0 Å². The van der Waals surface area contributed by atoms with Gasteiger partial charge in [-0.15, -0.1) is 0 Å². The second-order valence-corrected chi connectivity index (χ2v) is 5.95. The first-order valence-electron chi connectivity index (χ1n) is 7.03. The third kappa shape index (κ3) is 6.66. The maximum absolute atomic E-state index is 11.7. The standard InChI is InChI=1S/C14H25N3OS/c1-4-5-6-7-12(2)16-13(18)8-11-19-14-15-9-10-17(14)3/h9-10,12H,4-8,11H2,1-3H3,(H,16,18). The van der Waals surface area contributed by atoms with Crippen molar-refractivity contribution in [2.24, 2.45) is 7.05 Å². The van der Waals surface area contributed by atoms with Crippen LogP contribution in [-0.4, -0.2) is 27.3 Å². The third-order valence-corrected chi connectivity index (χ3v) is 4.05. The van der Waals surface area contributed by atoms with E-state index >= 15 is 0 Å². The lowest BCUT2D eigenvalue weighted by Gasteiger charge is -2.13. The molecule has 5 heteroatoms. The van der Waals surface area contributed by atoms with Gasteiger partial charge in [0.1, 0.15) is 0 Å². The first-order valence-corrected chi connectivity index (χ1v) is 8.01. The Morgan fingerprint density at radius 1 is 1.53 bits per heavy atom. The Hall–Kier alpha value is -0.970. The zero-order valence-electron chi connectivity index (χ0n) is 12.2. The third-order valence-electron chi connectivity index (χ3n) is 2.99. The average Bonchev–Trinajstić information content (AvgIpc) is 2.75. The van der Waals surface area contributed by atoms with E-state index in [2.05, 4.69) is 24.1 Å². The van der Waals surface area contributed by atoms with E-state index in [1.54, 1.807) is 18.0 Å². The van der Waals surface area contributed by atoms with Crippen LogP contribution < -0.4 is 5.32 Å². The summed E-state index contributed by atoms with van der Waals surface area (Å²) >= 11 is 1.62. The highest BCUT2D eigenvalue weighted by Crippen LogP contribution is 2.15. The SMILES string of the molecule is CCCCCC(C)NC(=O)CCSc1nccn1C. The smallest absolute Gasteiger partial charge is 0.221 e. The summed E-state index contributed by atoms with van der Waals surface area (Å²) in [5.41, 5.74) is 0. The molecule has 1 N–H and O–H groups in total. The number of hydrogen-bond donors (Lipinski definition) is 1. The van der Waals surface area contributed by atoms with Gasteiger partial charge in [0.25, 0.3) is 0 Å². The molecule has 1 aromatic heterocycles. The maximum Gasteiger partial charge on any atom is 0.221 e. The molecule has 0 fully saturated rings. The quantitative estimate of drug-likeness (QED) is 0.560. The van der Waals surface area contributed by atoms with Crippen LogP contribution in [0.5, 0.6) is 0 Å². The van der Waals surface area contributed by atoms with Gasteiger partial charge in [-0.25, -0.2) is 4.98 Å². The molecule has 1 amide bonds. The van der Waals surface area contributed by atoms with Crippen molar-refractivity contribution in [3.63, 3.8) is 0 Å². The summed E-state index contributed by atoms with van der Waals surface area (Å²) in [6.07, 6.45) is 8.98. The Morgan fingerprint density at radius 2 is 2.32 bits per heavy atom. The van der Waals surface area contributed by atoms with Crippen LogP contribution in [0.25, 0.3) is 0 Å². The van der Waals surface area contributed by atoms with E-state index in [-0.39, 0.29) is 11.9 Å². The molecular formula is C14H25N3OS. The van der Waals surface area contributed by atoms with Gasteiger partial charge in [0.05, 0.1) is 0 Å². The van der Waals surface area contributed by atoms with E-state index in [1.165, 1.54) is 19.3 Å². The van der Waals surface area contributed by atoms with E-state index < -0.39 is 0 Å². The van der Waals surface area contributed by atoms with Gasteiger partial charge in [-0.05, 0) is 13.3 Å². The maximum atomic E-state index is 11.7. The molecule has 1 atom stereocenters. The van der Waals surface area contributed by atoms with Gasteiger partial charge in [-0.1, -0.05) is 37.9 Å². The first-order chi connectivity index (χ1) is 9.13. The predicted molar refractivity (Wildman–Crippen MR) is 80.3 cm³/mol. The van der Waals surface area contributed by atoms with Crippen LogP contribution >= 0.6 is 11.8 Å². The minimum atomic E-state index is 0.144. The van der Waals surface area contributed by atoms with Crippen LogP contribution in [0.15, 0.2) is 17.6 Å². The lowest BCUT2D eigenvalue weighted by molar-refractivity contribution is -0.121. The molecule has 0 saturated carbocycles. The van der Waals surface area contributed by atoms with Gasteiger partial charge in [-0.2, -0.15) is 0 Å². The topological polar surface area (TPSA) is 46.9 Å². The number of amides is 1. The van der Waals surface area contributed by atoms with Gasteiger partial charge in [0.2, 0.25) is 5.91 Å². The summed E-state index contributed by atoms with van der Waals surface area (Å²) in [6, 6.07) is 0.289. The molecule has 0 aliphatic carbocycles. The van der Waals surface area contributed by atoms with Crippen LogP contribution in [0.1, 0.15) is 46.0 Å². The summed E-state index contributed by atoms with van der Waals surface area (Å²) in [5, 5.41) is 4.02. The fourth-order valence-electron chi connectivity index (χ4n) is 1.85. The molecule has 4 nitrogen and oxygen atoms in total. The monoisotopic (exact) mass is 283 g/mol. The molecular weight excluding hydrogens is 258 g/mol. The molecule has 0 saturated heterocycles. The minimum Gasteiger partial charge on any atom is -0.354 e. The van der Waals surface area contributed by atoms with Crippen molar-refractivity contribution in [1.82, 2.24) is 14.9 Å². The highest BCUT2D eigenvalue weighted by molar-refractivity contribution is 7.99. The number of hydrogen-bond acceptors (Lipinski definition) is 3. The van der Waals surface area contributed by atoms with Crippen LogP contribution in [0.4, 0.5) is 0 Å². The Labute approximate surface area is 120 Å². The molecule has 0 aliphatic heterocycles. The second kappa shape index (κ2) is 9.02. The fourth-order valence-corrected chi connectivity index (χ4v) is 2.72. The molecule has 1 unspecified atom stereocenters. The molecule has 0 aliphatic rings. The van der Waals surface area contributed by atoms with Gasteiger partial charge < -0.3 is 9.88 Å². The van der Waals surface area contributed by atoms with Crippen molar-refractivity contribution in [2.45, 2.75) is 57.1 Å². The lowest BCUT2D eigenvalue weighted by Crippen LogP contribution is -2.32. The number of thioether (sulfide) groups is 1. The van der Waals surface area contributed by atoms with Crippen molar-refractivity contribution in [3.05, 3.63) is 12.4 Å². The van der Waals surface area contributed by atoms with Crippen molar-refractivity contribution in [1.29, 1.82) is 0 Å². The second-order valence-electron chi connectivity index (χ2n) is 4.88. The van der Waals surface area contributed by atoms with Gasteiger partial charge >= 0.3 is 0 Å². The summed E-state index contributed by atoms with van der Waals surface area (Å²) < 4.78 is 1.97. The van der Waals surface area contributed by atoms with Crippen molar-refractivity contribution in [2.75, 3.05) is 5.75 Å². The number of aryl methyl sites for hydroxylation is 1. The summed E-state index contributed by atoms with van der Waals surface area (Å²) in [6.45, 7) is 4.28. The van der Waals surface area contributed by atoms with E-state index in [1.807, 2.05) is 17.8 Å². The van der Waals surface area contributed by atoms with Crippen molar-refractivity contribution in [3.8, 4) is 0 Å². The van der Waals surface area contributed by atoms with Crippen molar-refractivity contribution < 1.29 is 4.79 Å². The van der Waals surface area contributed by atoms with E-state index in [9.17, 15) is 4.79 Å². The van der Waals surface area contributed by atoms with Crippen LogP contribution in [-0.2, 0) is 11.8 Å². The zero-order valence-corrected chi connectivity index (χ0v) is 13.0. The normalized spacial score (nSPS) is 12.4. The Bertz CT molecular complexity index is 379. The highest BCUT2D eigenvalue weighted by atomic mass is 32.2. The summed E-state index contributed by atoms with van der Waals surface area (Å²) in [4.78, 5) is 16.0. The number of rotatable bonds is 9. The lowest BCUT2D eigenvalue weighted by atomic mass is 10.1. The molecule has 1 rings (SSSR count). The number of aromatic nitrogens is 2. The molecule has 108 valence electrons. The minimum absolute atomic E-state index is 0.144. The largest absolute Gasteiger partial charge is 0.354 e. The average molecular weight is 283 g/mol. The summed E-state index contributed by atoms with van der Waals surface area (Å²) in [7, 11) is 1.96. The number of nitrogens with one attached hydrogen (secondary N) is 1. The zero-order chi connectivity index (χ0) is 14.1. The van der Waals surface area contributed by atoms with Gasteiger partial charge in [-0.3, -0.25) is 4.79 Å². The number of carbonyl (C=O) groups is 1. The molecule has 1 aromatic rings. The molecule has 0 bridgehead atoms. The molecule has 19 heavy (non-hydrogen) atoms. The fraction of sp³-hybridized carbons (Fsp3) is 0.714. The molecule has 0 aromatic carbocycles. The number of nitrogens with zero attached hydrogens (tertiary/aromatic N) is 2. The Morgan fingerprint density at radius 3 is 2.95 bits per heavy atom. The Balaban J connectivity index is 2.12. The van der Waals surface area contributed by atoms with Crippen LogP contribution in [0.3, 0.4) is 0 Å². The number of unbranched alkanes of at least 4 members (excludes halogenated alkanes) is 2. The molecule has 1 heterocycles. The molecule has 0 radical (unpaired) electrons. The number of imidazole rings is 1. The van der Waals surface area contributed by atoms with Gasteiger partial charge in [0.15, 0.2) is 5.16 Å². The highest BCUT2D eigenvalue weighted by Gasteiger charge is 2.08. The predicted octanol–water partition coefficient (Wildman–Crippen LogP) is 2.99. The molecule has 0 spiro atoms.